The lowest BCUT2D eigenvalue weighted by Gasteiger charge is -2.19. The van der Waals surface area contributed by atoms with Crippen LogP contribution in [0.4, 0.5) is 5.69 Å². The van der Waals surface area contributed by atoms with Gasteiger partial charge in [0.05, 0.1) is 0 Å². The molecule has 0 atom stereocenters. The lowest BCUT2D eigenvalue weighted by atomic mass is 9.78. The number of aryl methyl sites for hydroxylation is 1. The Balaban J connectivity index is 3.03. The SMILES string of the molecule is Cc1ccc(NC(=O)C(C)(C)C)c(B(O)O)c1. The Labute approximate surface area is 102 Å². The molecule has 1 rings (SSSR count). The fourth-order valence-electron chi connectivity index (χ4n) is 1.32. The summed E-state index contributed by atoms with van der Waals surface area (Å²) in [6.45, 7) is 7.24. The predicted molar refractivity (Wildman–Crippen MR) is 69.1 cm³/mol. The van der Waals surface area contributed by atoms with Crippen molar-refractivity contribution in [2.45, 2.75) is 27.7 Å². The van der Waals surface area contributed by atoms with E-state index in [1.165, 1.54) is 0 Å². The average molecular weight is 235 g/mol. The molecule has 0 heterocycles. The van der Waals surface area contributed by atoms with Gasteiger partial charge in [-0.1, -0.05) is 38.5 Å². The van der Waals surface area contributed by atoms with Crippen LogP contribution < -0.4 is 10.8 Å². The summed E-state index contributed by atoms with van der Waals surface area (Å²) >= 11 is 0. The van der Waals surface area contributed by atoms with Gasteiger partial charge in [-0.2, -0.15) is 0 Å². The van der Waals surface area contributed by atoms with E-state index in [1.54, 1.807) is 32.9 Å². The Morgan fingerprint density at radius 1 is 1.29 bits per heavy atom. The van der Waals surface area contributed by atoms with E-state index < -0.39 is 12.5 Å². The maximum atomic E-state index is 11.8. The lowest BCUT2D eigenvalue weighted by molar-refractivity contribution is -0.123. The summed E-state index contributed by atoms with van der Waals surface area (Å²) < 4.78 is 0. The molecule has 0 fully saturated rings. The van der Waals surface area contributed by atoms with Crippen molar-refractivity contribution < 1.29 is 14.8 Å². The van der Waals surface area contributed by atoms with E-state index in [-0.39, 0.29) is 5.91 Å². The molecule has 0 aromatic heterocycles. The van der Waals surface area contributed by atoms with Crippen LogP contribution in [0.15, 0.2) is 18.2 Å². The number of rotatable bonds is 2. The zero-order chi connectivity index (χ0) is 13.2. The van der Waals surface area contributed by atoms with Crippen molar-refractivity contribution in [3.05, 3.63) is 23.8 Å². The van der Waals surface area contributed by atoms with E-state index in [9.17, 15) is 14.8 Å². The molecule has 92 valence electrons. The highest BCUT2D eigenvalue weighted by atomic mass is 16.4. The van der Waals surface area contributed by atoms with Gasteiger partial charge in [0.15, 0.2) is 0 Å². The highest BCUT2D eigenvalue weighted by Gasteiger charge is 2.24. The minimum atomic E-state index is -1.59. The average Bonchev–Trinajstić information content (AvgIpc) is 2.18. The fourth-order valence-corrected chi connectivity index (χ4v) is 1.32. The second-order valence-electron chi connectivity index (χ2n) is 5.17. The molecule has 0 aliphatic heterocycles. The first-order valence-corrected chi connectivity index (χ1v) is 5.50. The van der Waals surface area contributed by atoms with Gasteiger partial charge >= 0.3 is 7.12 Å². The molecule has 4 nitrogen and oxygen atoms in total. The van der Waals surface area contributed by atoms with Crippen LogP contribution in [0.5, 0.6) is 0 Å². The molecule has 1 aromatic rings. The molecule has 0 bridgehead atoms. The molecule has 17 heavy (non-hydrogen) atoms. The number of anilines is 1. The molecule has 0 spiro atoms. The van der Waals surface area contributed by atoms with Crippen LogP contribution in [0.1, 0.15) is 26.3 Å². The molecular formula is C12H18BNO3. The summed E-state index contributed by atoms with van der Waals surface area (Å²) in [5, 5.41) is 21.2. The lowest BCUT2D eigenvalue weighted by Crippen LogP contribution is -2.36. The quantitative estimate of drug-likeness (QED) is 0.659. The minimum Gasteiger partial charge on any atom is -0.423 e. The van der Waals surface area contributed by atoms with Crippen LogP contribution in [-0.2, 0) is 4.79 Å². The molecule has 0 unspecified atom stereocenters. The normalized spacial score (nSPS) is 11.2. The second kappa shape index (κ2) is 4.90. The summed E-state index contributed by atoms with van der Waals surface area (Å²) in [6.07, 6.45) is 0. The van der Waals surface area contributed by atoms with E-state index in [2.05, 4.69) is 5.32 Å². The third-order valence-corrected chi connectivity index (χ3v) is 2.41. The van der Waals surface area contributed by atoms with Crippen molar-refractivity contribution >= 4 is 24.2 Å². The van der Waals surface area contributed by atoms with Crippen LogP contribution in [0.25, 0.3) is 0 Å². The van der Waals surface area contributed by atoms with Crippen molar-refractivity contribution in [2.75, 3.05) is 5.32 Å². The largest absolute Gasteiger partial charge is 0.490 e. The maximum Gasteiger partial charge on any atom is 0.490 e. The van der Waals surface area contributed by atoms with E-state index in [0.29, 0.717) is 11.2 Å². The van der Waals surface area contributed by atoms with Crippen LogP contribution in [-0.4, -0.2) is 23.1 Å². The van der Waals surface area contributed by atoms with Crippen LogP contribution in [0, 0.1) is 12.3 Å². The maximum absolute atomic E-state index is 11.8. The Hall–Kier alpha value is -1.33. The third kappa shape index (κ3) is 3.58. The van der Waals surface area contributed by atoms with Gasteiger partial charge in [0.25, 0.3) is 0 Å². The summed E-state index contributed by atoms with van der Waals surface area (Å²) in [4.78, 5) is 11.8. The Bertz CT molecular complexity index is 424. The van der Waals surface area contributed by atoms with Gasteiger partial charge in [-0.3, -0.25) is 4.79 Å². The summed E-state index contributed by atoms with van der Waals surface area (Å²) in [6, 6.07) is 5.13. The second-order valence-corrected chi connectivity index (χ2v) is 5.17. The molecule has 0 aliphatic rings. The van der Waals surface area contributed by atoms with Gasteiger partial charge in [0.2, 0.25) is 5.91 Å². The minimum absolute atomic E-state index is 0.164. The smallest absolute Gasteiger partial charge is 0.423 e. The molecule has 0 saturated carbocycles. The number of nitrogens with one attached hydrogen (secondary N) is 1. The Morgan fingerprint density at radius 2 is 1.88 bits per heavy atom. The van der Waals surface area contributed by atoms with Gasteiger partial charge in [-0.25, -0.2) is 0 Å². The number of hydrogen-bond acceptors (Lipinski definition) is 3. The standard InChI is InChI=1S/C12H18BNO3/c1-8-5-6-10(9(7-8)13(16)17)14-11(15)12(2,3)4/h5-7,16-17H,1-4H3,(H,14,15). The summed E-state index contributed by atoms with van der Waals surface area (Å²) in [5.74, 6) is -0.164. The third-order valence-electron chi connectivity index (χ3n) is 2.41. The molecule has 0 saturated heterocycles. The monoisotopic (exact) mass is 235 g/mol. The van der Waals surface area contributed by atoms with Gasteiger partial charge in [0, 0.05) is 16.6 Å². The number of carbonyl (C=O) groups is 1. The first-order chi connectivity index (χ1) is 7.71. The van der Waals surface area contributed by atoms with Gasteiger partial charge in [-0.05, 0) is 13.0 Å². The zero-order valence-corrected chi connectivity index (χ0v) is 10.6. The van der Waals surface area contributed by atoms with E-state index in [0.717, 1.165) is 5.56 Å². The molecule has 5 heteroatoms. The van der Waals surface area contributed by atoms with Gasteiger partial charge in [-0.15, -0.1) is 0 Å². The first kappa shape index (κ1) is 13.7. The highest BCUT2D eigenvalue weighted by Crippen LogP contribution is 2.17. The predicted octanol–water partition coefficient (Wildman–Crippen LogP) is 0.659. The molecular weight excluding hydrogens is 217 g/mol. The van der Waals surface area contributed by atoms with Crippen molar-refractivity contribution in [1.29, 1.82) is 0 Å². The highest BCUT2D eigenvalue weighted by molar-refractivity contribution is 6.60. The first-order valence-electron chi connectivity index (χ1n) is 5.50. The number of benzene rings is 1. The number of carbonyl (C=O) groups excluding carboxylic acids is 1. The molecule has 3 N–H and O–H groups in total. The van der Waals surface area contributed by atoms with Crippen LogP contribution >= 0.6 is 0 Å². The molecule has 1 amide bonds. The zero-order valence-electron chi connectivity index (χ0n) is 10.6. The number of hydrogen-bond donors (Lipinski definition) is 3. The number of amides is 1. The summed E-state index contributed by atoms with van der Waals surface area (Å²) in [5.41, 5.74) is 1.12. The van der Waals surface area contributed by atoms with Crippen molar-refractivity contribution in [1.82, 2.24) is 0 Å². The molecule has 0 aliphatic carbocycles. The van der Waals surface area contributed by atoms with E-state index in [4.69, 9.17) is 0 Å². The van der Waals surface area contributed by atoms with E-state index in [1.807, 2.05) is 13.0 Å². The fraction of sp³-hybridized carbons (Fsp3) is 0.417. The van der Waals surface area contributed by atoms with Crippen molar-refractivity contribution in [3.8, 4) is 0 Å². The van der Waals surface area contributed by atoms with Gasteiger partial charge < -0.3 is 15.4 Å². The topological polar surface area (TPSA) is 69.6 Å². The van der Waals surface area contributed by atoms with E-state index >= 15 is 0 Å². The van der Waals surface area contributed by atoms with Crippen molar-refractivity contribution in [3.63, 3.8) is 0 Å². The Kier molecular flexibility index (Phi) is 3.96. The van der Waals surface area contributed by atoms with Gasteiger partial charge in [0.1, 0.15) is 0 Å². The molecule has 0 radical (unpaired) electrons. The summed E-state index contributed by atoms with van der Waals surface area (Å²) in [7, 11) is -1.59. The van der Waals surface area contributed by atoms with Crippen molar-refractivity contribution in [2.24, 2.45) is 5.41 Å². The van der Waals surface area contributed by atoms with Crippen LogP contribution in [0.2, 0.25) is 0 Å². The molecule has 1 aromatic carbocycles. The van der Waals surface area contributed by atoms with Crippen LogP contribution in [0.3, 0.4) is 0 Å². The Morgan fingerprint density at radius 3 is 2.35 bits per heavy atom.